The Kier molecular flexibility index (Phi) is 17.3. The first-order chi connectivity index (χ1) is 7.15. The van der Waals surface area contributed by atoms with Crippen molar-refractivity contribution in [2.24, 2.45) is 0 Å². The van der Waals surface area contributed by atoms with Crippen LogP contribution in [0.1, 0.15) is 52.4 Å². The minimum Gasteiger partial charge on any atom is -0.481 e. The minimum atomic E-state index is -0.833. The van der Waals surface area contributed by atoms with Crippen molar-refractivity contribution in [2.75, 3.05) is 6.61 Å². The summed E-state index contributed by atoms with van der Waals surface area (Å²) in [5.74, 6) is -0.833. The molecule has 3 nitrogen and oxygen atoms in total. The van der Waals surface area contributed by atoms with Gasteiger partial charge in [0.25, 0.3) is 5.97 Å². The van der Waals surface area contributed by atoms with Gasteiger partial charge in [0.1, 0.15) is 0 Å². The molecule has 0 saturated heterocycles. The summed E-state index contributed by atoms with van der Waals surface area (Å²) < 4.78 is 0. The molecule has 0 atom stereocenters. The molecule has 0 amide bonds. The SMILES string of the molecule is CC(=O)O.CCC=CCCCCCCO. The van der Waals surface area contributed by atoms with Crippen LogP contribution in [-0.2, 0) is 4.79 Å². The summed E-state index contributed by atoms with van der Waals surface area (Å²) in [4.78, 5) is 9.00. The number of aliphatic hydroxyl groups excluding tert-OH is 1. The van der Waals surface area contributed by atoms with E-state index in [0.717, 1.165) is 19.8 Å². The van der Waals surface area contributed by atoms with E-state index in [9.17, 15) is 0 Å². The molecule has 0 aromatic heterocycles. The van der Waals surface area contributed by atoms with E-state index in [2.05, 4.69) is 19.1 Å². The molecule has 0 unspecified atom stereocenters. The van der Waals surface area contributed by atoms with Crippen molar-refractivity contribution in [1.82, 2.24) is 0 Å². The minimum absolute atomic E-state index is 0.352. The lowest BCUT2D eigenvalue weighted by atomic mass is 10.1. The summed E-state index contributed by atoms with van der Waals surface area (Å²) in [6, 6.07) is 0. The predicted molar refractivity (Wildman–Crippen MR) is 62.9 cm³/mol. The Morgan fingerprint density at radius 3 is 2.13 bits per heavy atom. The van der Waals surface area contributed by atoms with E-state index in [1.165, 1.54) is 25.7 Å². The van der Waals surface area contributed by atoms with E-state index in [1.54, 1.807) is 0 Å². The fourth-order valence-electron chi connectivity index (χ4n) is 1.01. The average Bonchev–Trinajstić information content (AvgIpc) is 2.16. The molecule has 2 N–H and O–H groups in total. The summed E-state index contributed by atoms with van der Waals surface area (Å²) in [5.41, 5.74) is 0. The van der Waals surface area contributed by atoms with Gasteiger partial charge in [-0.05, 0) is 25.7 Å². The van der Waals surface area contributed by atoms with Crippen LogP contribution < -0.4 is 0 Å². The van der Waals surface area contributed by atoms with Crippen LogP contribution in [0.25, 0.3) is 0 Å². The summed E-state index contributed by atoms with van der Waals surface area (Å²) in [7, 11) is 0. The maximum atomic E-state index is 9.00. The number of allylic oxidation sites excluding steroid dienone is 2. The molecule has 0 aliphatic carbocycles. The molecule has 90 valence electrons. The fraction of sp³-hybridized carbons (Fsp3) is 0.750. The quantitative estimate of drug-likeness (QED) is 0.508. The van der Waals surface area contributed by atoms with Crippen LogP contribution in [0.5, 0.6) is 0 Å². The first-order valence-corrected chi connectivity index (χ1v) is 5.60. The molecular formula is C12H24O3. The van der Waals surface area contributed by atoms with Crippen LogP contribution in [0.15, 0.2) is 12.2 Å². The molecule has 0 aromatic carbocycles. The van der Waals surface area contributed by atoms with Gasteiger partial charge in [-0.1, -0.05) is 31.9 Å². The van der Waals surface area contributed by atoms with Crippen LogP contribution in [0.3, 0.4) is 0 Å². The number of carboxylic acid groups (broad SMARTS) is 1. The second-order valence-electron chi connectivity index (χ2n) is 3.33. The zero-order valence-corrected chi connectivity index (χ0v) is 9.91. The first kappa shape index (κ1) is 16.6. The van der Waals surface area contributed by atoms with Crippen molar-refractivity contribution in [2.45, 2.75) is 52.4 Å². The Morgan fingerprint density at radius 2 is 1.67 bits per heavy atom. The summed E-state index contributed by atoms with van der Waals surface area (Å²) in [6.45, 7) is 3.59. The van der Waals surface area contributed by atoms with Crippen LogP contribution in [0, 0.1) is 0 Å². The Hall–Kier alpha value is -0.830. The van der Waals surface area contributed by atoms with Crippen molar-refractivity contribution >= 4 is 5.97 Å². The highest BCUT2D eigenvalue weighted by atomic mass is 16.4. The van der Waals surface area contributed by atoms with Crippen LogP contribution in [-0.4, -0.2) is 22.8 Å². The van der Waals surface area contributed by atoms with Gasteiger partial charge in [0.2, 0.25) is 0 Å². The Labute approximate surface area is 92.8 Å². The molecule has 0 saturated carbocycles. The molecule has 0 radical (unpaired) electrons. The highest BCUT2D eigenvalue weighted by Gasteiger charge is 1.85. The number of rotatable bonds is 7. The highest BCUT2D eigenvalue weighted by molar-refractivity contribution is 5.62. The van der Waals surface area contributed by atoms with Crippen molar-refractivity contribution in [3.05, 3.63) is 12.2 Å². The number of unbranched alkanes of at least 4 members (excludes halogenated alkanes) is 4. The van der Waals surface area contributed by atoms with E-state index in [4.69, 9.17) is 15.0 Å². The fourth-order valence-corrected chi connectivity index (χ4v) is 1.01. The normalized spacial score (nSPS) is 9.80. The first-order valence-electron chi connectivity index (χ1n) is 5.60. The van der Waals surface area contributed by atoms with Gasteiger partial charge in [0.05, 0.1) is 0 Å². The monoisotopic (exact) mass is 216 g/mol. The topological polar surface area (TPSA) is 57.5 Å². The van der Waals surface area contributed by atoms with Crippen LogP contribution in [0.4, 0.5) is 0 Å². The number of hydrogen-bond acceptors (Lipinski definition) is 2. The molecule has 0 spiro atoms. The van der Waals surface area contributed by atoms with Crippen molar-refractivity contribution < 1.29 is 15.0 Å². The van der Waals surface area contributed by atoms with Gasteiger partial charge in [-0.25, -0.2) is 0 Å². The van der Waals surface area contributed by atoms with Crippen molar-refractivity contribution in [3.63, 3.8) is 0 Å². The standard InChI is InChI=1S/C10H20O.C2H4O2/c1-2-3-4-5-6-7-8-9-10-11;1-2(3)4/h3-4,11H,2,5-10H2,1H3;1H3,(H,3,4). The molecule has 0 aliphatic rings. The zero-order chi connectivity index (χ0) is 11.9. The molecule has 0 bridgehead atoms. The lowest BCUT2D eigenvalue weighted by molar-refractivity contribution is -0.134. The maximum Gasteiger partial charge on any atom is 0.300 e. The third kappa shape index (κ3) is 32.0. The number of carbonyl (C=O) groups is 1. The van der Waals surface area contributed by atoms with Gasteiger partial charge in [-0.15, -0.1) is 0 Å². The summed E-state index contributed by atoms with van der Waals surface area (Å²) >= 11 is 0. The van der Waals surface area contributed by atoms with E-state index in [1.807, 2.05) is 0 Å². The van der Waals surface area contributed by atoms with Gasteiger partial charge >= 0.3 is 0 Å². The molecule has 15 heavy (non-hydrogen) atoms. The third-order valence-electron chi connectivity index (χ3n) is 1.68. The van der Waals surface area contributed by atoms with Crippen molar-refractivity contribution in [1.29, 1.82) is 0 Å². The number of carboxylic acids is 1. The molecule has 0 aromatic rings. The number of aliphatic carboxylic acids is 1. The van der Waals surface area contributed by atoms with Crippen LogP contribution >= 0.6 is 0 Å². The van der Waals surface area contributed by atoms with Crippen molar-refractivity contribution in [3.8, 4) is 0 Å². The molecule has 0 heterocycles. The van der Waals surface area contributed by atoms with Gasteiger partial charge in [-0.2, -0.15) is 0 Å². The highest BCUT2D eigenvalue weighted by Crippen LogP contribution is 2.03. The lowest BCUT2D eigenvalue weighted by Crippen LogP contribution is -1.82. The van der Waals surface area contributed by atoms with E-state index in [-0.39, 0.29) is 0 Å². The molecule has 0 rings (SSSR count). The second-order valence-corrected chi connectivity index (χ2v) is 3.33. The van der Waals surface area contributed by atoms with Gasteiger partial charge in [0.15, 0.2) is 0 Å². The zero-order valence-electron chi connectivity index (χ0n) is 9.91. The smallest absolute Gasteiger partial charge is 0.300 e. The molecule has 0 aliphatic heterocycles. The Morgan fingerprint density at radius 1 is 1.13 bits per heavy atom. The molecular weight excluding hydrogens is 192 g/mol. The van der Waals surface area contributed by atoms with E-state index < -0.39 is 5.97 Å². The number of aliphatic hydroxyl groups is 1. The predicted octanol–water partition coefficient (Wildman–Crippen LogP) is 2.99. The average molecular weight is 216 g/mol. The summed E-state index contributed by atoms with van der Waals surface area (Å²) in [5, 5.41) is 15.9. The van der Waals surface area contributed by atoms with Gasteiger partial charge in [0, 0.05) is 13.5 Å². The molecule has 0 fully saturated rings. The lowest BCUT2D eigenvalue weighted by Gasteiger charge is -1.95. The largest absolute Gasteiger partial charge is 0.481 e. The van der Waals surface area contributed by atoms with E-state index in [0.29, 0.717) is 6.61 Å². The van der Waals surface area contributed by atoms with Gasteiger partial charge in [-0.3, -0.25) is 4.79 Å². The molecule has 3 heteroatoms. The number of hydrogen-bond donors (Lipinski definition) is 2. The Bertz CT molecular complexity index is 149. The Balaban J connectivity index is 0. The third-order valence-corrected chi connectivity index (χ3v) is 1.68. The second kappa shape index (κ2) is 15.6. The summed E-state index contributed by atoms with van der Waals surface area (Å²) in [6.07, 6.45) is 11.5. The van der Waals surface area contributed by atoms with E-state index >= 15 is 0 Å². The maximum absolute atomic E-state index is 9.00. The van der Waals surface area contributed by atoms with Gasteiger partial charge < -0.3 is 10.2 Å². The van der Waals surface area contributed by atoms with Crippen LogP contribution in [0.2, 0.25) is 0 Å².